The number of fused-ring (bicyclic) bond motifs is 1. The highest BCUT2D eigenvalue weighted by Crippen LogP contribution is 2.22. The number of thiophene rings is 1. The van der Waals surface area contributed by atoms with Crippen molar-refractivity contribution in [1.82, 2.24) is 25.4 Å². The number of rotatable bonds is 7. The van der Waals surface area contributed by atoms with Crippen LogP contribution in [0.2, 0.25) is 0 Å². The molecule has 29 heavy (non-hydrogen) atoms. The molecule has 9 heteroatoms. The number of halogens is 1. The Bertz CT molecular complexity index is 890. The fourth-order valence-corrected chi connectivity index (χ4v) is 4.11. The Kier molecular flexibility index (Phi) is 8.10. The number of guanidine groups is 1. The van der Waals surface area contributed by atoms with Crippen LogP contribution in [-0.4, -0.2) is 33.8 Å². The van der Waals surface area contributed by atoms with Gasteiger partial charge in [0, 0.05) is 37.4 Å². The minimum absolute atomic E-state index is 0. The van der Waals surface area contributed by atoms with E-state index >= 15 is 0 Å². The molecule has 0 fully saturated rings. The van der Waals surface area contributed by atoms with Crippen LogP contribution in [0.5, 0.6) is 0 Å². The van der Waals surface area contributed by atoms with Crippen LogP contribution in [0.1, 0.15) is 41.2 Å². The molecular weight excluding hydrogens is 499 g/mol. The summed E-state index contributed by atoms with van der Waals surface area (Å²) in [7, 11) is 0. The lowest BCUT2D eigenvalue weighted by molar-refractivity contribution is 0.397. The molecular formula is C20H27IN6OS. The van der Waals surface area contributed by atoms with E-state index in [2.05, 4.69) is 38.2 Å². The first kappa shape index (κ1) is 21.8. The molecule has 0 aliphatic carbocycles. The predicted molar refractivity (Wildman–Crippen MR) is 126 cm³/mol. The first-order valence-electron chi connectivity index (χ1n) is 9.79. The fraction of sp³-hybridized carbons (Fsp3) is 0.450. The van der Waals surface area contributed by atoms with Crippen molar-refractivity contribution in [3.05, 3.63) is 58.2 Å². The number of nitrogens with zero attached hydrogens (tertiary/aromatic N) is 4. The molecule has 1 aliphatic rings. The Balaban J connectivity index is 0.00000240. The molecule has 0 bridgehead atoms. The second-order valence-electron chi connectivity index (χ2n) is 6.90. The van der Waals surface area contributed by atoms with Gasteiger partial charge in [0.2, 0.25) is 0 Å². The topological polar surface area (TPSA) is 80.3 Å². The molecule has 1 unspecified atom stereocenters. The highest BCUT2D eigenvalue weighted by atomic mass is 127. The quantitative estimate of drug-likeness (QED) is 0.279. The molecule has 1 aliphatic heterocycles. The van der Waals surface area contributed by atoms with Gasteiger partial charge in [0.05, 0.1) is 12.3 Å². The maximum Gasteiger partial charge on any atom is 0.191 e. The van der Waals surface area contributed by atoms with Crippen molar-refractivity contribution < 1.29 is 4.42 Å². The lowest BCUT2D eigenvalue weighted by Gasteiger charge is -2.25. The number of aryl methyl sites for hydroxylation is 2. The molecule has 0 saturated carbocycles. The van der Waals surface area contributed by atoms with Gasteiger partial charge in [0.1, 0.15) is 17.4 Å². The maximum absolute atomic E-state index is 5.42. The lowest BCUT2D eigenvalue weighted by atomic mass is 10.1. The van der Waals surface area contributed by atoms with E-state index in [-0.39, 0.29) is 30.0 Å². The molecule has 0 aromatic carbocycles. The Morgan fingerprint density at radius 2 is 2.28 bits per heavy atom. The smallest absolute Gasteiger partial charge is 0.191 e. The molecule has 4 rings (SSSR count). The second-order valence-corrected chi connectivity index (χ2v) is 7.93. The number of aromatic nitrogens is 3. The van der Waals surface area contributed by atoms with Crippen LogP contribution < -0.4 is 10.6 Å². The molecule has 7 nitrogen and oxygen atoms in total. The second kappa shape index (κ2) is 10.8. The van der Waals surface area contributed by atoms with Crippen molar-refractivity contribution >= 4 is 41.3 Å². The standard InChI is InChI=1S/C20H26N6OS.HI/c1-15-23-19-18(7-2-12-26(19)25-15)24-20(21-10-8-16-5-3-13-27-16)22-11-9-17-6-4-14-28-17;/h3-6,13-14,18H,2,7-12H2,1H3,(H2,21,22,24);1H. The number of hydrogen-bond acceptors (Lipinski definition) is 5. The zero-order valence-electron chi connectivity index (χ0n) is 16.5. The largest absolute Gasteiger partial charge is 0.469 e. The summed E-state index contributed by atoms with van der Waals surface area (Å²) in [4.78, 5) is 10.8. The average Bonchev–Trinajstić information content (AvgIpc) is 3.43. The van der Waals surface area contributed by atoms with Crippen LogP contribution in [0, 0.1) is 6.92 Å². The summed E-state index contributed by atoms with van der Waals surface area (Å²) in [6.07, 6.45) is 5.59. The Morgan fingerprint density at radius 1 is 1.34 bits per heavy atom. The van der Waals surface area contributed by atoms with Gasteiger partial charge < -0.3 is 15.1 Å². The highest BCUT2D eigenvalue weighted by Gasteiger charge is 2.24. The molecule has 0 radical (unpaired) electrons. The third-order valence-electron chi connectivity index (χ3n) is 4.74. The molecule has 3 aromatic heterocycles. The van der Waals surface area contributed by atoms with Gasteiger partial charge in [-0.1, -0.05) is 6.07 Å². The van der Waals surface area contributed by atoms with E-state index in [9.17, 15) is 0 Å². The van der Waals surface area contributed by atoms with E-state index in [1.807, 2.05) is 23.7 Å². The average molecular weight is 526 g/mol. The van der Waals surface area contributed by atoms with Gasteiger partial charge >= 0.3 is 0 Å². The van der Waals surface area contributed by atoms with Gasteiger partial charge in [0.15, 0.2) is 5.96 Å². The van der Waals surface area contributed by atoms with Crippen LogP contribution >= 0.6 is 35.3 Å². The molecule has 156 valence electrons. The minimum Gasteiger partial charge on any atom is -0.469 e. The van der Waals surface area contributed by atoms with Crippen molar-refractivity contribution in [3.63, 3.8) is 0 Å². The number of nitrogens with one attached hydrogen (secondary N) is 2. The van der Waals surface area contributed by atoms with Gasteiger partial charge in [-0.3, -0.25) is 4.99 Å². The summed E-state index contributed by atoms with van der Waals surface area (Å²) in [6, 6.07) is 8.29. The van der Waals surface area contributed by atoms with E-state index in [4.69, 9.17) is 9.41 Å². The van der Waals surface area contributed by atoms with Crippen molar-refractivity contribution in [2.45, 2.75) is 45.2 Å². The predicted octanol–water partition coefficient (Wildman–Crippen LogP) is 3.71. The van der Waals surface area contributed by atoms with Gasteiger partial charge in [-0.15, -0.1) is 35.3 Å². The van der Waals surface area contributed by atoms with Crippen molar-refractivity contribution in [3.8, 4) is 0 Å². The summed E-state index contributed by atoms with van der Waals surface area (Å²) >= 11 is 1.78. The van der Waals surface area contributed by atoms with Crippen LogP contribution in [0.3, 0.4) is 0 Å². The van der Waals surface area contributed by atoms with E-state index in [0.29, 0.717) is 0 Å². The van der Waals surface area contributed by atoms with Gasteiger partial charge in [-0.2, -0.15) is 5.10 Å². The minimum atomic E-state index is 0. The van der Waals surface area contributed by atoms with Crippen molar-refractivity contribution in [1.29, 1.82) is 0 Å². The molecule has 2 N–H and O–H groups in total. The van der Waals surface area contributed by atoms with Crippen LogP contribution in [0.25, 0.3) is 0 Å². The first-order valence-corrected chi connectivity index (χ1v) is 10.7. The molecule has 3 aromatic rings. The molecule has 1 atom stereocenters. The van der Waals surface area contributed by atoms with Crippen molar-refractivity contribution in [2.24, 2.45) is 4.99 Å². The summed E-state index contributed by atoms with van der Waals surface area (Å²) in [6.45, 7) is 4.39. The number of aliphatic imine (C=N–C) groups is 1. The zero-order valence-corrected chi connectivity index (χ0v) is 19.7. The maximum atomic E-state index is 5.42. The van der Waals surface area contributed by atoms with E-state index in [0.717, 1.165) is 68.7 Å². The Labute approximate surface area is 192 Å². The zero-order chi connectivity index (χ0) is 19.2. The van der Waals surface area contributed by atoms with E-state index in [1.54, 1.807) is 17.6 Å². The first-order chi connectivity index (χ1) is 13.8. The SMILES string of the molecule is Cc1nc2n(n1)CCCC2NC(=NCCc1cccs1)NCCc1ccco1.I. The van der Waals surface area contributed by atoms with E-state index in [1.165, 1.54) is 4.88 Å². The number of hydrogen-bond donors (Lipinski definition) is 2. The summed E-state index contributed by atoms with van der Waals surface area (Å²) in [5, 5.41) is 13.6. The summed E-state index contributed by atoms with van der Waals surface area (Å²) in [5.41, 5.74) is 0. The monoisotopic (exact) mass is 526 g/mol. The molecule has 4 heterocycles. The third kappa shape index (κ3) is 6.05. The Morgan fingerprint density at radius 3 is 3.07 bits per heavy atom. The Hall–Kier alpha value is -1.88. The summed E-state index contributed by atoms with van der Waals surface area (Å²) in [5.74, 6) is 3.62. The summed E-state index contributed by atoms with van der Waals surface area (Å²) < 4.78 is 7.44. The molecule has 0 saturated heterocycles. The normalized spacial score (nSPS) is 16.2. The van der Waals surface area contributed by atoms with Crippen LogP contribution in [-0.2, 0) is 19.4 Å². The van der Waals surface area contributed by atoms with Crippen LogP contribution in [0.15, 0.2) is 45.3 Å². The third-order valence-corrected chi connectivity index (χ3v) is 5.68. The van der Waals surface area contributed by atoms with Gasteiger partial charge in [-0.25, -0.2) is 9.67 Å². The van der Waals surface area contributed by atoms with Gasteiger partial charge in [-0.05, 0) is 43.3 Å². The lowest BCUT2D eigenvalue weighted by Crippen LogP contribution is -2.42. The highest BCUT2D eigenvalue weighted by molar-refractivity contribution is 14.0. The van der Waals surface area contributed by atoms with Crippen LogP contribution in [0.4, 0.5) is 0 Å². The number of furan rings is 1. The molecule has 0 spiro atoms. The molecule has 0 amide bonds. The van der Waals surface area contributed by atoms with Crippen molar-refractivity contribution in [2.75, 3.05) is 13.1 Å². The fourth-order valence-electron chi connectivity index (χ4n) is 3.41. The van der Waals surface area contributed by atoms with Gasteiger partial charge in [0.25, 0.3) is 0 Å². The van der Waals surface area contributed by atoms with E-state index < -0.39 is 0 Å².